The first kappa shape index (κ1) is 12.8. The van der Waals surface area contributed by atoms with E-state index >= 15 is 0 Å². The van der Waals surface area contributed by atoms with Gasteiger partial charge in [-0.3, -0.25) is 4.90 Å². The molecule has 0 radical (unpaired) electrons. The molecule has 0 aromatic carbocycles. The highest BCUT2D eigenvalue weighted by Gasteiger charge is 2.34. The van der Waals surface area contributed by atoms with E-state index < -0.39 is 0 Å². The zero-order valence-electron chi connectivity index (χ0n) is 9.82. The summed E-state index contributed by atoms with van der Waals surface area (Å²) in [6, 6.07) is 2.93. The van der Waals surface area contributed by atoms with E-state index in [9.17, 15) is 0 Å². The van der Waals surface area contributed by atoms with Gasteiger partial charge in [-0.25, -0.2) is 0 Å². The lowest BCUT2D eigenvalue weighted by Crippen LogP contribution is -2.46. The second-order valence-corrected chi connectivity index (χ2v) is 5.34. The van der Waals surface area contributed by atoms with Gasteiger partial charge in [0.25, 0.3) is 0 Å². The fourth-order valence-electron chi connectivity index (χ4n) is 2.03. The Kier molecular flexibility index (Phi) is 4.91. The number of methoxy groups -OCH3 is 1. The number of thioether (sulfide) groups is 1. The van der Waals surface area contributed by atoms with Gasteiger partial charge in [-0.05, 0) is 26.0 Å². The average molecular weight is 228 g/mol. The molecule has 3 nitrogen and oxygen atoms in total. The van der Waals surface area contributed by atoms with Crippen molar-refractivity contribution in [3.63, 3.8) is 0 Å². The van der Waals surface area contributed by atoms with Gasteiger partial charge in [0.2, 0.25) is 0 Å². The standard InChI is InChI=1S/C11H20N2OS/c1-10(8-14-2)13-6-4-11(9-12,15-3)5-7-13/h10H,4-8H2,1-3H3. The molecule has 4 heteroatoms. The minimum absolute atomic E-state index is 0.136. The summed E-state index contributed by atoms with van der Waals surface area (Å²) in [6.45, 7) is 4.98. The lowest BCUT2D eigenvalue weighted by Gasteiger charge is -2.39. The van der Waals surface area contributed by atoms with Gasteiger partial charge in [-0.1, -0.05) is 0 Å². The van der Waals surface area contributed by atoms with Crippen molar-refractivity contribution in [2.75, 3.05) is 33.1 Å². The van der Waals surface area contributed by atoms with E-state index in [-0.39, 0.29) is 4.75 Å². The van der Waals surface area contributed by atoms with Gasteiger partial charge >= 0.3 is 0 Å². The molecular formula is C11H20N2OS. The predicted octanol–water partition coefficient (Wildman–Crippen LogP) is 1.74. The lowest BCUT2D eigenvalue weighted by atomic mass is 9.96. The summed E-state index contributed by atoms with van der Waals surface area (Å²) in [4.78, 5) is 2.41. The highest BCUT2D eigenvalue weighted by molar-refractivity contribution is 8.00. The second-order valence-electron chi connectivity index (χ2n) is 4.15. The molecule has 15 heavy (non-hydrogen) atoms. The molecule has 0 aliphatic carbocycles. The quantitative estimate of drug-likeness (QED) is 0.734. The zero-order chi connectivity index (χ0) is 11.3. The minimum Gasteiger partial charge on any atom is -0.383 e. The van der Waals surface area contributed by atoms with Crippen LogP contribution in [0.25, 0.3) is 0 Å². The Labute approximate surface area is 96.8 Å². The topological polar surface area (TPSA) is 36.3 Å². The van der Waals surface area contributed by atoms with Gasteiger partial charge in [0, 0.05) is 26.2 Å². The number of likely N-dealkylation sites (tertiary alicyclic amines) is 1. The summed E-state index contributed by atoms with van der Waals surface area (Å²) in [5, 5.41) is 9.16. The largest absolute Gasteiger partial charge is 0.383 e. The van der Waals surface area contributed by atoms with E-state index in [0.717, 1.165) is 32.5 Å². The SMILES string of the molecule is COCC(C)N1CCC(C#N)(SC)CC1. The molecule has 1 unspecified atom stereocenters. The Morgan fingerprint density at radius 1 is 1.53 bits per heavy atom. The van der Waals surface area contributed by atoms with Crippen LogP contribution in [0.1, 0.15) is 19.8 Å². The van der Waals surface area contributed by atoms with Gasteiger partial charge in [0.1, 0.15) is 4.75 Å². The van der Waals surface area contributed by atoms with E-state index in [2.05, 4.69) is 17.9 Å². The maximum atomic E-state index is 9.16. The molecule has 1 saturated heterocycles. The van der Waals surface area contributed by atoms with Crippen molar-refractivity contribution in [1.29, 1.82) is 5.26 Å². The Morgan fingerprint density at radius 2 is 2.13 bits per heavy atom. The number of piperidine rings is 1. The third kappa shape index (κ3) is 3.10. The fourth-order valence-corrected chi connectivity index (χ4v) is 2.72. The summed E-state index contributed by atoms with van der Waals surface area (Å²) in [5.41, 5.74) is 0. The van der Waals surface area contributed by atoms with E-state index in [1.165, 1.54) is 0 Å². The van der Waals surface area contributed by atoms with Crippen LogP contribution in [0.15, 0.2) is 0 Å². The molecule has 1 rings (SSSR count). The molecule has 0 saturated carbocycles. The van der Waals surface area contributed by atoms with Crippen molar-refractivity contribution in [2.24, 2.45) is 0 Å². The Balaban J connectivity index is 2.45. The zero-order valence-corrected chi connectivity index (χ0v) is 10.6. The molecule has 0 aromatic heterocycles. The molecule has 1 fully saturated rings. The maximum Gasteiger partial charge on any atom is 0.104 e. The van der Waals surface area contributed by atoms with Crippen molar-refractivity contribution in [3.8, 4) is 6.07 Å². The molecule has 0 aromatic rings. The number of hydrogen-bond acceptors (Lipinski definition) is 4. The van der Waals surface area contributed by atoms with Crippen molar-refractivity contribution < 1.29 is 4.74 Å². The number of hydrogen-bond donors (Lipinski definition) is 0. The molecule has 0 N–H and O–H groups in total. The number of nitrogens with zero attached hydrogens (tertiary/aromatic N) is 2. The molecule has 1 aliphatic rings. The number of ether oxygens (including phenoxy) is 1. The van der Waals surface area contributed by atoms with Crippen LogP contribution >= 0.6 is 11.8 Å². The Morgan fingerprint density at radius 3 is 2.53 bits per heavy atom. The highest BCUT2D eigenvalue weighted by atomic mass is 32.2. The van der Waals surface area contributed by atoms with E-state index in [1.54, 1.807) is 18.9 Å². The third-order valence-corrected chi connectivity index (χ3v) is 4.51. The van der Waals surface area contributed by atoms with Gasteiger partial charge in [-0.2, -0.15) is 5.26 Å². The van der Waals surface area contributed by atoms with Crippen molar-refractivity contribution in [3.05, 3.63) is 0 Å². The first-order valence-corrected chi connectivity index (χ1v) is 6.59. The van der Waals surface area contributed by atoms with Gasteiger partial charge in [0.15, 0.2) is 0 Å². The fraction of sp³-hybridized carbons (Fsp3) is 0.909. The van der Waals surface area contributed by atoms with Crippen LogP contribution in [0, 0.1) is 11.3 Å². The Hall–Kier alpha value is -0.240. The molecule has 86 valence electrons. The number of nitriles is 1. The van der Waals surface area contributed by atoms with Crippen molar-refractivity contribution in [2.45, 2.75) is 30.6 Å². The average Bonchev–Trinajstić information content (AvgIpc) is 2.29. The molecule has 1 atom stereocenters. The normalized spacial score (nSPS) is 23.3. The van der Waals surface area contributed by atoms with Crippen LogP contribution < -0.4 is 0 Å². The van der Waals surface area contributed by atoms with Crippen LogP contribution in [-0.2, 0) is 4.74 Å². The molecular weight excluding hydrogens is 208 g/mol. The van der Waals surface area contributed by atoms with Crippen LogP contribution in [-0.4, -0.2) is 48.8 Å². The van der Waals surface area contributed by atoms with E-state index in [0.29, 0.717) is 6.04 Å². The smallest absolute Gasteiger partial charge is 0.104 e. The van der Waals surface area contributed by atoms with Crippen LogP contribution in [0.2, 0.25) is 0 Å². The lowest BCUT2D eigenvalue weighted by molar-refractivity contribution is 0.0833. The van der Waals surface area contributed by atoms with Crippen LogP contribution in [0.3, 0.4) is 0 Å². The van der Waals surface area contributed by atoms with Gasteiger partial charge in [-0.15, -0.1) is 11.8 Å². The first-order valence-electron chi connectivity index (χ1n) is 5.37. The molecule has 0 bridgehead atoms. The van der Waals surface area contributed by atoms with Gasteiger partial charge < -0.3 is 4.74 Å². The van der Waals surface area contributed by atoms with Crippen molar-refractivity contribution in [1.82, 2.24) is 4.90 Å². The van der Waals surface area contributed by atoms with E-state index in [4.69, 9.17) is 10.00 Å². The minimum atomic E-state index is -0.136. The molecule has 1 heterocycles. The monoisotopic (exact) mass is 228 g/mol. The number of rotatable bonds is 4. The van der Waals surface area contributed by atoms with Crippen LogP contribution in [0.5, 0.6) is 0 Å². The summed E-state index contributed by atoms with van der Waals surface area (Å²) >= 11 is 1.70. The Bertz CT molecular complexity index is 231. The first-order chi connectivity index (χ1) is 7.17. The maximum absolute atomic E-state index is 9.16. The van der Waals surface area contributed by atoms with E-state index in [1.807, 2.05) is 6.26 Å². The summed E-state index contributed by atoms with van der Waals surface area (Å²) in [7, 11) is 1.74. The summed E-state index contributed by atoms with van der Waals surface area (Å²) in [5.74, 6) is 0. The highest BCUT2D eigenvalue weighted by Crippen LogP contribution is 2.34. The summed E-state index contributed by atoms with van der Waals surface area (Å²) in [6.07, 6.45) is 3.98. The predicted molar refractivity (Wildman–Crippen MR) is 64.0 cm³/mol. The van der Waals surface area contributed by atoms with Crippen LogP contribution in [0.4, 0.5) is 0 Å². The third-order valence-electron chi connectivity index (χ3n) is 3.23. The van der Waals surface area contributed by atoms with Crippen molar-refractivity contribution >= 4 is 11.8 Å². The molecule has 1 aliphatic heterocycles. The molecule has 0 spiro atoms. The summed E-state index contributed by atoms with van der Waals surface area (Å²) < 4.78 is 5.01. The van der Waals surface area contributed by atoms with Gasteiger partial charge in [0.05, 0.1) is 12.7 Å². The molecule has 0 amide bonds. The second kappa shape index (κ2) is 5.74.